The predicted molar refractivity (Wildman–Crippen MR) is 221 cm³/mol. The molecule has 0 spiro atoms. The average molecular weight is 880 g/mol. The summed E-state index contributed by atoms with van der Waals surface area (Å²) in [5, 5.41) is 35.7. The van der Waals surface area contributed by atoms with E-state index in [0.29, 0.717) is 44.6 Å². The van der Waals surface area contributed by atoms with Crippen LogP contribution >= 0.6 is 0 Å². The lowest BCUT2D eigenvalue weighted by Gasteiger charge is -2.32. The van der Waals surface area contributed by atoms with Gasteiger partial charge in [-0.05, 0) is 61.2 Å². The molecular formula is C43H53N5O15. The molecule has 63 heavy (non-hydrogen) atoms. The van der Waals surface area contributed by atoms with Crippen LogP contribution in [0.1, 0.15) is 94.8 Å². The van der Waals surface area contributed by atoms with Crippen molar-refractivity contribution in [2.45, 2.75) is 77.9 Å². The Kier molecular flexibility index (Phi) is 18.6. The van der Waals surface area contributed by atoms with Crippen LogP contribution in [-0.4, -0.2) is 125 Å². The average Bonchev–Trinajstić information content (AvgIpc) is 3.75. The Bertz CT molecular complexity index is 2110. The molecule has 4 rings (SSSR count). The fraction of sp³-hybridized carbons (Fsp3) is 0.442. The van der Waals surface area contributed by atoms with Crippen molar-refractivity contribution in [2.75, 3.05) is 39.6 Å². The van der Waals surface area contributed by atoms with E-state index >= 15 is 0 Å². The molecule has 1 saturated heterocycles. The van der Waals surface area contributed by atoms with Crippen LogP contribution in [0.15, 0.2) is 52.9 Å². The maximum atomic E-state index is 13.7. The third-order valence-electron chi connectivity index (χ3n) is 10.2. The predicted octanol–water partition coefficient (Wildman–Crippen LogP) is 3.22. The van der Waals surface area contributed by atoms with Crippen molar-refractivity contribution >= 4 is 48.0 Å². The van der Waals surface area contributed by atoms with Crippen molar-refractivity contribution in [1.82, 2.24) is 25.9 Å². The fourth-order valence-electron chi connectivity index (χ4n) is 6.91. The summed E-state index contributed by atoms with van der Waals surface area (Å²) in [5.41, 5.74) is 1.87. The van der Waals surface area contributed by atoms with Crippen LogP contribution in [0.2, 0.25) is 0 Å². The highest BCUT2D eigenvalue weighted by atomic mass is 16.7. The van der Waals surface area contributed by atoms with Crippen LogP contribution in [0.5, 0.6) is 5.75 Å². The number of hydrogen-bond donors (Lipinski definition) is 6. The second-order valence-corrected chi connectivity index (χ2v) is 14.7. The number of unbranched alkanes of at least 4 members (excludes halogenated alkanes) is 2. The number of nitrogens with zero attached hydrogens (tertiary/aromatic N) is 2. The molecule has 3 unspecified atom stereocenters. The summed E-state index contributed by atoms with van der Waals surface area (Å²) in [5.74, 6) is -8.75. The number of aryl methyl sites for hydroxylation is 1. The van der Waals surface area contributed by atoms with E-state index in [0.717, 1.165) is 36.6 Å². The third-order valence-corrected chi connectivity index (χ3v) is 10.2. The summed E-state index contributed by atoms with van der Waals surface area (Å²) < 4.78 is 16.4. The van der Waals surface area contributed by atoms with E-state index in [1.165, 1.54) is 30.3 Å². The van der Waals surface area contributed by atoms with E-state index in [9.17, 15) is 43.5 Å². The molecule has 1 aliphatic rings. The normalized spacial score (nSPS) is 14.0. The summed E-state index contributed by atoms with van der Waals surface area (Å²) in [6.07, 6.45) is 2.37. The van der Waals surface area contributed by atoms with Gasteiger partial charge in [0.05, 0.1) is 49.4 Å². The van der Waals surface area contributed by atoms with Gasteiger partial charge in [0.25, 0.3) is 11.8 Å². The minimum Gasteiger partial charge on any atom is -0.481 e. The number of hydrogen-bond acceptors (Lipinski definition) is 13. The Morgan fingerprint density at radius 1 is 0.889 bits per heavy atom. The quantitative estimate of drug-likeness (QED) is 0.0308. The zero-order valence-corrected chi connectivity index (χ0v) is 35.3. The zero-order chi connectivity index (χ0) is 46.1. The number of carboxylic acids is 3. The lowest BCUT2D eigenvalue weighted by molar-refractivity contribution is -0.171. The van der Waals surface area contributed by atoms with E-state index in [1.807, 2.05) is 19.1 Å². The van der Waals surface area contributed by atoms with Gasteiger partial charge in [0.15, 0.2) is 12.4 Å². The molecule has 0 bridgehead atoms. The van der Waals surface area contributed by atoms with Crippen molar-refractivity contribution < 1.29 is 72.4 Å². The standard InChI is InChI=1S/C43H53N5O15/c1-4-6-7-8-30(33(5-2)48(25-49)63-43(59)29-11-9-27(19-26(29)3)22-47-15-17-60-18-16-47)39(54)44-24-45-41(56)35-14-13-34(62-35)28-10-12-31(36(20-28)61-23-38(52)53)40(55)46-32(42(57)58)21-37(50)51/h9-14,19-20,25,30,32-33H,4-8,15-18,21-24H2,1-3H3,(H,44,54)(H,45,56)(H,46,55)(H,50,51)(H,52,53)(H,57,58). The van der Waals surface area contributed by atoms with Crippen molar-refractivity contribution in [3.05, 3.63) is 76.5 Å². The molecule has 1 aliphatic heterocycles. The Hall–Kier alpha value is -6.80. The van der Waals surface area contributed by atoms with Crippen molar-refractivity contribution in [3.63, 3.8) is 0 Å². The largest absolute Gasteiger partial charge is 0.481 e. The maximum Gasteiger partial charge on any atom is 0.363 e. The lowest BCUT2D eigenvalue weighted by Crippen LogP contribution is -2.49. The van der Waals surface area contributed by atoms with Gasteiger partial charge in [0.2, 0.25) is 12.3 Å². The SMILES string of the molecule is CCCCCC(C(=O)NCNC(=O)c1ccc(-c2ccc(C(=O)NC(CC(=O)O)C(=O)O)c(OCC(=O)O)c2)o1)C(CC)N(C=O)OC(=O)c1ccc(CN2CCOCC2)cc1C. The Morgan fingerprint density at radius 2 is 1.62 bits per heavy atom. The summed E-state index contributed by atoms with van der Waals surface area (Å²) in [6.45, 7) is 7.94. The molecule has 0 saturated carbocycles. The number of aliphatic carboxylic acids is 3. The summed E-state index contributed by atoms with van der Waals surface area (Å²) in [4.78, 5) is 107. The van der Waals surface area contributed by atoms with E-state index in [-0.39, 0.29) is 47.0 Å². The van der Waals surface area contributed by atoms with E-state index < -0.39 is 72.6 Å². The van der Waals surface area contributed by atoms with Gasteiger partial charge in [-0.15, -0.1) is 0 Å². The number of ether oxygens (including phenoxy) is 2. The number of morpholine rings is 1. The number of nitrogens with one attached hydrogen (secondary N) is 3. The summed E-state index contributed by atoms with van der Waals surface area (Å²) in [7, 11) is 0. The van der Waals surface area contributed by atoms with Gasteiger partial charge in [-0.1, -0.05) is 51.3 Å². The molecule has 0 radical (unpaired) electrons. The Morgan fingerprint density at radius 3 is 2.25 bits per heavy atom. The number of carbonyl (C=O) groups is 8. The smallest absolute Gasteiger partial charge is 0.363 e. The van der Waals surface area contributed by atoms with E-state index in [1.54, 1.807) is 19.9 Å². The van der Waals surface area contributed by atoms with Gasteiger partial charge in [0, 0.05) is 25.2 Å². The molecule has 1 fully saturated rings. The number of carbonyl (C=O) groups excluding carboxylic acids is 5. The zero-order valence-electron chi connectivity index (χ0n) is 35.3. The minimum atomic E-state index is -1.79. The Labute approximate surface area is 362 Å². The topological polar surface area (TPSA) is 281 Å². The third kappa shape index (κ3) is 14.4. The van der Waals surface area contributed by atoms with Gasteiger partial charge in [-0.2, -0.15) is 5.06 Å². The number of benzene rings is 2. The van der Waals surface area contributed by atoms with Gasteiger partial charge in [0.1, 0.15) is 17.6 Å². The molecule has 4 amide bonds. The second-order valence-electron chi connectivity index (χ2n) is 14.7. The van der Waals surface area contributed by atoms with Crippen LogP contribution in [-0.2, 0) is 40.1 Å². The van der Waals surface area contributed by atoms with Crippen molar-refractivity contribution in [1.29, 1.82) is 0 Å². The number of carboxylic acid groups (broad SMARTS) is 3. The van der Waals surface area contributed by atoms with Gasteiger partial charge >= 0.3 is 23.9 Å². The van der Waals surface area contributed by atoms with Crippen LogP contribution in [0, 0.1) is 12.8 Å². The van der Waals surface area contributed by atoms with Crippen molar-refractivity contribution in [2.24, 2.45) is 5.92 Å². The highest BCUT2D eigenvalue weighted by Crippen LogP contribution is 2.30. The number of rotatable bonds is 25. The lowest BCUT2D eigenvalue weighted by atomic mass is 9.90. The molecule has 0 aliphatic carbocycles. The van der Waals surface area contributed by atoms with Gasteiger partial charge in [-0.3, -0.25) is 28.9 Å². The first-order chi connectivity index (χ1) is 30.1. The van der Waals surface area contributed by atoms with Gasteiger partial charge < -0.3 is 50.0 Å². The first-order valence-electron chi connectivity index (χ1n) is 20.4. The van der Waals surface area contributed by atoms with Crippen LogP contribution in [0.4, 0.5) is 0 Å². The molecule has 20 heteroatoms. The molecule has 1 aromatic heterocycles. The molecule has 6 N–H and O–H groups in total. The van der Waals surface area contributed by atoms with Crippen LogP contribution in [0.3, 0.4) is 0 Å². The number of hydroxylamine groups is 2. The Balaban J connectivity index is 1.42. The number of amides is 4. The number of furan rings is 1. The molecule has 2 heterocycles. The maximum absolute atomic E-state index is 13.7. The fourth-order valence-corrected chi connectivity index (χ4v) is 6.91. The monoisotopic (exact) mass is 879 g/mol. The summed E-state index contributed by atoms with van der Waals surface area (Å²) in [6, 6.07) is 9.25. The molecule has 3 aromatic rings. The highest BCUT2D eigenvalue weighted by Gasteiger charge is 2.34. The first kappa shape index (κ1) is 48.9. The minimum absolute atomic E-state index is 0.0787. The van der Waals surface area contributed by atoms with Crippen LogP contribution < -0.4 is 20.7 Å². The van der Waals surface area contributed by atoms with E-state index in [4.69, 9.17) is 28.9 Å². The van der Waals surface area contributed by atoms with Gasteiger partial charge in [-0.25, -0.2) is 14.4 Å². The highest BCUT2D eigenvalue weighted by molar-refractivity contribution is 6.00. The molecular weight excluding hydrogens is 826 g/mol. The summed E-state index contributed by atoms with van der Waals surface area (Å²) >= 11 is 0. The second kappa shape index (κ2) is 24.0. The molecule has 20 nitrogen and oxygen atoms in total. The molecule has 2 aromatic carbocycles. The molecule has 3 atom stereocenters. The van der Waals surface area contributed by atoms with Crippen LogP contribution in [0.25, 0.3) is 11.3 Å². The van der Waals surface area contributed by atoms with Crippen molar-refractivity contribution in [3.8, 4) is 17.1 Å². The molecule has 340 valence electrons. The first-order valence-corrected chi connectivity index (χ1v) is 20.4. The van der Waals surface area contributed by atoms with E-state index in [2.05, 4.69) is 20.9 Å².